The molecule has 0 fully saturated rings. The van der Waals surface area contributed by atoms with Crippen LogP contribution in [-0.4, -0.2) is 28.3 Å². The van der Waals surface area contributed by atoms with Gasteiger partial charge in [-0.3, -0.25) is 0 Å². The van der Waals surface area contributed by atoms with Crippen molar-refractivity contribution in [3.8, 4) is 0 Å². The molecule has 24 heavy (non-hydrogen) atoms. The predicted molar refractivity (Wildman–Crippen MR) is 96.1 cm³/mol. The van der Waals surface area contributed by atoms with E-state index in [1.54, 1.807) is 24.3 Å². The molecule has 2 unspecified atom stereocenters. The van der Waals surface area contributed by atoms with Crippen molar-refractivity contribution in [2.75, 3.05) is 6.54 Å². The fraction of sp³-hybridized carbons (Fsp3) is 0.389. The molecule has 6 heteroatoms. The molecule has 2 atom stereocenters. The summed E-state index contributed by atoms with van der Waals surface area (Å²) in [5, 5.41) is 16.2. The number of carbonyl (C=O) groups excluding carboxylic acids is 1. The van der Waals surface area contributed by atoms with Gasteiger partial charge in [0.05, 0.1) is 6.10 Å². The summed E-state index contributed by atoms with van der Waals surface area (Å²) >= 11 is 6.03. The number of aromatic nitrogens is 1. The summed E-state index contributed by atoms with van der Waals surface area (Å²) < 4.78 is 2.08. The number of halogens is 1. The van der Waals surface area contributed by atoms with Crippen LogP contribution in [0, 0.1) is 0 Å². The van der Waals surface area contributed by atoms with Crippen molar-refractivity contribution in [2.24, 2.45) is 7.05 Å². The predicted octanol–water partition coefficient (Wildman–Crippen LogP) is 3.03. The van der Waals surface area contributed by atoms with Gasteiger partial charge in [-0.05, 0) is 38.0 Å². The lowest BCUT2D eigenvalue weighted by Gasteiger charge is -2.17. The van der Waals surface area contributed by atoms with Gasteiger partial charge in [0.15, 0.2) is 0 Å². The topological polar surface area (TPSA) is 66.3 Å². The summed E-state index contributed by atoms with van der Waals surface area (Å²) in [5.74, 6) is 0. The first kappa shape index (κ1) is 18.4. The normalized spacial score (nSPS) is 13.3. The zero-order valence-corrected chi connectivity index (χ0v) is 14.8. The molecule has 1 aromatic heterocycles. The molecule has 2 rings (SSSR count). The van der Waals surface area contributed by atoms with Crippen LogP contribution in [0.5, 0.6) is 0 Å². The Morgan fingerprint density at radius 2 is 2.04 bits per heavy atom. The van der Waals surface area contributed by atoms with E-state index in [0.29, 0.717) is 10.6 Å². The first-order valence-corrected chi connectivity index (χ1v) is 8.42. The van der Waals surface area contributed by atoms with Gasteiger partial charge in [-0.1, -0.05) is 29.8 Å². The van der Waals surface area contributed by atoms with E-state index >= 15 is 0 Å². The molecule has 0 bridgehead atoms. The minimum atomic E-state index is -0.830. The number of aliphatic hydroxyl groups is 1. The number of nitrogens with one attached hydrogen (secondary N) is 2. The summed E-state index contributed by atoms with van der Waals surface area (Å²) in [6.45, 7) is 2.08. The molecular formula is C18H24ClN3O2. The third-order valence-electron chi connectivity index (χ3n) is 3.98. The molecule has 0 saturated carbocycles. The molecule has 0 aliphatic heterocycles. The maximum atomic E-state index is 11.9. The summed E-state index contributed by atoms with van der Waals surface area (Å²) in [4.78, 5) is 11.9. The molecule has 1 heterocycles. The van der Waals surface area contributed by atoms with E-state index in [0.717, 1.165) is 12.8 Å². The Morgan fingerprint density at radius 1 is 1.29 bits per heavy atom. The largest absolute Gasteiger partial charge is 0.387 e. The maximum absolute atomic E-state index is 11.9. The zero-order valence-electron chi connectivity index (χ0n) is 14.0. The first-order chi connectivity index (χ1) is 11.5. The van der Waals surface area contributed by atoms with Gasteiger partial charge in [-0.25, -0.2) is 4.79 Å². The second-order valence-electron chi connectivity index (χ2n) is 5.94. The monoisotopic (exact) mass is 349 g/mol. The molecule has 2 aromatic rings. The Labute approximate surface area is 147 Å². The van der Waals surface area contributed by atoms with Crippen molar-refractivity contribution in [3.05, 3.63) is 58.9 Å². The Morgan fingerprint density at radius 3 is 2.71 bits per heavy atom. The molecule has 0 radical (unpaired) electrons. The Bertz CT molecular complexity index is 672. The van der Waals surface area contributed by atoms with Crippen molar-refractivity contribution in [1.29, 1.82) is 0 Å². The number of benzene rings is 1. The third kappa shape index (κ3) is 5.28. The van der Waals surface area contributed by atoms with Gasteiger partial charge in [-0.2, -0.15) is 0 Å². The van der Waals surface area contributed by atoms with Crippen LogP contribution in [0.15, 0.2) is 42.6 Å². The molecule has 130 valence electrons. The number of nitrogens with zero attached hydrogens (tertiary/aromatic N) is 1. The number of amides is 2. The van der Waals surface area contributed by atoms with Crippen LogP contribution in [0.25, 0.3) is 0 Å². The smallest absolute Gasteiger partial charge is 0.315 e. The van der Waals surface area contributed by atoms with Crippen LogP contribution in [0.3, 0.4) is 0 Å². The molecule has 3 N–H and O–H groups in total. The Kier molecular flexibility index (Phi) is 6.70. The summed E-state index contributed by atoms with van der Waals surface area (Å²) in [7, 11) is 2.01. The lowest BCUT2D eigenvalue weighted by Crippen LogP contribution is -2.42. The highest BCUT2D eigenvalue weighted by Crippen LogP contribution is 2.21. The van der Waals surface area contributed by atoms with Crippen molar-refractivity contribution >= 4 is 17.6 Å². The van der Waals surface area contributed by atoms with Crippen LogP contribution < -0.4 is 10.6 Å². The lowest BCUT2D eigenvalue weighted by molar-refractivity contribution is 0.172. The number of aliphatic hydroxyl groups excluding tert-OH is 1. The average molecular weight is 350 g/mol. The third-order valence-corrected chi connectivity index (χ3v) is 4.33. The highest BCUT2D eigenvalue weighted by molar-refractivity contribution is 6.31. The summed E-state index contributed by atoms with van der Waals surface area (Å²) in [6, 6.07) is 10.9. The van der Waals surface area contributed by atoms with Crippen molar-refractivity contribution in [1.82, 2.24) is 15.2 Å². The van der Waals surface area contributed by atoms with Gasteiger partial charge in [0.1, 0.15) is 0 Å². The molecule has 0 aliphatic rings. The number of hydrogen-bond donors (Lipinski definition) is 3. The minimum absolute atomic E-state index is 0.0392. The van der Waals surface area contributed by atoms with Crippen LogP contribution in [0.2, 0.25) is 5.02 Å². The van der Waals surface area contributed by atoms with Gasteiger partial charge >= 0.3 is 6.03 Å². The van der Waals surface area contributed by atoms with Gasteiger partial charge in [0.25, 0.3) is 0 Å². The lowest BCUT2D eigenvalue weighted by atomic mass is 10.1. The van der Waals surface area contributed by atoms with Crippen molar-refractivity contribution in [3.63, 3.8) is 0 Å². The zero-order chi connectivity index (χ0) is 17.5. The maximum Gasteiger partial charge on any atom is 0.315 e. The number of rotatable bonds is 7. The van der Waals surface area contributed by atoms with E-state index in [1.807, 2.05) is 26.2 Å². The molecule has 1 aromatic carbocycles. The fourth-order valence-corrected chi connectivity index (χ4v) is 2.77. The van der Waals surface area contributed by atoms with E-state index < -0.39 is 6.10 Å². The van der Waals surface area contributed by atoms with Crippen LogP contribution in [0.1, 0.15) is 30.7 Å². The summed E-state index contributed by atoms with van der Waals surface area (Å²) in [6.07, 6.45) is 2.92. The van der Waals surface area contributed by atoms with E-state index in [2.05, 4.69) is 21.3 Å². The minimum Gasteiger partial charge on any atom is -0.387 e. The van der Waals surface area contributed by atoms with Gasteiger partial charge in [0.2, 0.25) is 0 Å². The van der Waals surface area contributed by atoms with Gasteiger partial charge in [0, 0.05) is 42.1 Å². The molecule has 0 saturated heterocycles. The molecular weight excluding hydrogens is 326 g/mol. The highest BCUT2D eigenvalue weighted by Gasteiger charge is 2.13. The van der Waals surface area contributed by atoms with Crippen LogP contribution in [-0.2, 0) is 13.5 Å². The first-order valence-electron chi connectivity index (χ1n) is 8.04. The Balaban J connectivity index is 1.72. The second kappa shape index (κ2) is 8.76. The number of aryl methyl sites for hydroxylation is 2. The molecule has 2 amide bonds. The standard InChI is InChI=1S/C18H24ClN3O2/c1-13(9-10-14-6-5-11-22(14)2)21-18(24)20-12-17(23)15-7-3-4-8-16(15)19/h3-8,11,13,17,23H,9-10,12H2,1-2H3,(H2,20,21,24). The molecule has 5 nitrogen and oxygen atoms in total. The quantitative estimate of drug-likeness (QED) is 0.719. The Hall–Kier alpha value is -1.98. The van der Waals surface area contributed by atoms with Crippen LogP contribution >= 0.6 is 11.6 Å². The van der Waals surface area contributed by atoms with Gasteiger partial charge in [-0.15, -0.1) is 0 Å². The van der Waals surface area contributed by atoms with Crippen LogP contribution in [0.4, 0.5) is 4.79 Å². The molecule has 0 aliphatic carbocycles. The highest BCUT2D eigenvalue weighted by atomic mass is 35.5. The van der Waals surface area contributed by atoms with Crippen molar-refractivity contribution < 1.29 is 9.90 Å². The van der Waals surface area contributed by atoms with Gasteiger partial charge < -0.3 is 20.3 Å². The van der Waals surface area contributed by atoms with E-state index in [9.17, 15) is 9.90 Å². The number of urea groups is 1. The average Bonchev–Trinajstić information content (AvgIpc) is 2.96. The van der Waals surface area contributed by atoms with E-state index in [-0.39, 0.29) is 18.6 Å². The van der Waals surface area contributed by atoms with E-state index in [4.69, 9.17) is 11.6 Å². The molecule has 0 spiro atoms. The van der Waals surface area contributed by atoms with Crippen molar-refractivity contribution in [2.45, 2.75) is 31.9 Å². The number of carbonyl (C=O) groups is 1. The second-order valence-corrected chi connectivity index (χ2v) is 6.35. The van der Waals surface area contributed by atoms with E-state index in [1.165, 1.54) is 5.69 Å². The SMILES string of the molecule is CC(CCc1cccn1C)NC(=O)NCC(O)c1ccccc1Cl. The number of hydrogen-bond acceptors (Lipinski definition) is 2. The fourth-order valence-electron chi connectivity index (χ4n) is 2.51. The summed E-state index contributed by atoms with van der Waals surface area (Å²) in [5.41, 5.74) is 1.84.